The molecule has 426 valence electrons. The first kappa shape index (κ1) is 59.2. The number of alkyl halides is 6. The number of hydrogen-bond donors (Lipinski definition) is 2. The molecule has 0 saturated heterocycles. The summed E-state index contributed by atoms with van der Waals surface area (Å²) in [6.07, 6.45) is 1.54. The van der Waals surface area contributed by atoms with E-state index in [2.05, 4.69) is 21.8 Å². The molecular weight excluding hydrogens is 1080 g/mol. The highest BCUT2D eigenvalue weighted by Crippen LogP contribution is 2.50. The first-order chi connectivity index (χ1) is 37.6. The normalized spacial score (nSPS) is 19.7. The number of carbonyl (C=O) groups excluding carboxylic acids is 2. The van der Waals surface area contributed by atoms with Crippen LogP contribution >= 0.6 is 0 Å². The summed E-state index contributed by atoms with van der Waals surface area (Å²) in [5.41, 5.74) is -0.984. The molecule has 80 heavy (non-hydrogen) atoms. The standard InChI is InChI=1S/C58H63F6N7O7S2/c1-7-9-18-38(8-2)37-65-79(74,75)41-27-23-39(24-28-41)70-53(72)43(51(66-70)57(59,60)61)31-33-49-55(3,4)45-19-12-14-21-47(45)68(49)35-16-10-11-17-36-69-48-22-15-13-20-46(48)56(5,6)50(69)34-32-44-52(58(62,63)64)67-71(54(44)73)40-25-29-42(30-26-40)80(76,77)78/h12-15,19-34,38,65H,7-11,16-18,35-37H2,1-6H3,(H,76,77,78)/b43-31-,44-32-,49-33+,50-34+. The molecule has 0 spiro atoms. The van der Waals surface area contributed by atoms with Crippen molar-refractivity contribution in [2.75, 3.05) is 39.5 Å². The second-order valence-electron chi connectivity index (χ2n) is 21.1. The lowest BCUT2D eigenvalue weighted by molar-refractivity contribution is -0.115. The maximum absolute atomic E-state index is 14.7. The smallest absolute Gasteiger partial charge is 0.344 e. The number of sulfonamides is 1. The second kappa shape index (κ2) is 22.9. The fourth-order valence-corrected chi connectivity index (χ4v) is 12.3. The van der Waals surface area contributed by atoms with Gasteiger partial charge < -0.3 is 9.80 Å². The first-order valence-corrected chi connectivity index (χ1v) is 29.3. The molecule has 0 aromatic heterocycles. The number of halogens is 6. The monoisotopic (exact) mass is 1150 g/mol. The van der Waals surface area contributed by atoms with E-state index in [0.717, 1.165) is 84.6 Å². The van der Waals surface area contributed by atoms with Gasteiger partial charge in [0.15, 0.2) is 11.4 Å². The molecule has 1 atom stereocenters. The Bertz CT molecular complexity index is 3460. The Morgan fingerprint density at radius 2 is 1.00 bits per heavy atom. The summed E-state index contributed by atoms with van der Waals surface area (Å²) in [4.78, 5) is 31.0. The summed E-state index contributed by atoms with van der Waals surface area (Å²) >= 11 is 0. The Balaban J connectivity index is 0.975. The summed E-state index contributed by atoms with van der Waals surface area (Å²) in [5, 5.41) is 8.49. The quantitative estimate of drug-likeness (QED) is 0.0378. The molecule has 2 N–H and O–H groups in total. The molecule has 4 aromatic carbocycles. The summed E-state index contributed by atoms with van der Waals surface area (Å²) in [5.74, 6) is -1.98. The zero-order chi connectivity index (χ0) is 58.2. The van der Waals surface area contributed by atoms with E-state index in [9.17, 15) is 57.3 Å². The van der Waals surface area contributed by atoms with E-state index in [-0.39, 0.29) is 28.7 Å². The molecule has 2 amide bonds. The van der Waals surface area contributed by atoms with E-state index in [1.54, 1.807) is 0 Å². The molecule has 0 fully saturated rings. The van der Waals surface area contributed by atoms with Gasteiger partial charge in [-0.2, -0.15) is 55.0 Å². The number of nitrogens with zero attached hydrogens (tertiary/aromatic N) is 6. The number of hydrogen-bond acceptors (Lipinski definition) is 10. The summed E-state index contributed by atoms with van der Waals surface area (Å²) in [6.45, 7) is 13.0. The van der Waals surface area contributed by atoms with E-state index < -0.39 is 82.6 Å². The fraction of sp³-hybridized carbons (Fsp3) is 0.379. The number of rotatable bonds is 20. The van der Waals surface area contributed by atoms with Crippen molar-refractivity contribution in [2.45, 2.75) is 126 Å². The number of fused-ring (bicyclic) bond motifs is 2. The van der Waals surface area contributed by atoms with Gasteiger partial charge in [-0.05, 0) is 121 Å². The van der Waals surface area contributed by atoms with Crippen molar-refractivity contribution < 1.29 is 57.3 Å². The van der Waals surface area contributed by atoms with Gasteiger partial charge in [0.05, 0.1) is 32.3 Å². The molecule has 4 heterocycles. The predicted molar refractivity (Wildman–Crippen MR) is 298 cm³/mol. The number of benzene rings is 4. The molecule has 22 heteroatoms. The van der Waals surface area contributed by atoms with Gasteiger partial charge in [0.1, 0.15) is 0 Å². The van der Waals surface area contributed by atoms with Gasteiger partial charge in [-0.25, -0.2) is 13.1 Å². The number of hydrazone groups is 2. The van der Waals surface area contributed by atoms with E-state index in [1.165, 1.54) is 36.4 Å². The van der Waals surface area contributed by atoms with Crippen molar-refractivity contribution in [3.8, 4) is 0 Å². The molecule has 8 rings (SSSR count). The highest BCUT2D eigenvalue weighted by atomic mass is 32.2. The summed E-state index contributed by atoms with van der Waals surface area (Å²) in [7, 11) is -8.57. The number of unbranched alkanes of at least 4 members (excludes halogenated alkanes) is 4. The Hall–Kier alpha value is -6.88. The molecule has 0 aliphatic carbocycles. The van der Waals surface area contributed by atoms with Crippen LogP contribution in [0.1, 0.15) is 104 Å². The van der Waals surface area contributed by atoms with Crippen LogP contribution in [-0.4, -0.2) is 76.6 Å². The van der Waals surface area contributed by atoms with Gasteiger partial charge in [-0.3, -0.25) is 14.1 Å². The molecule has 4 aliphatic rings. The molecule has 0 saturated carbocycles. The number of anilines is 4. The van der Waals surface area contributed by atoms with Gasteiger partial charge in [-0.1, -0.05) is 110 Å². The predicted octanol–water partition coefficient (Wildman–Crippen LogP) is 12.4. The molecule has 0 radical (unpaired) electrons. The Labute approximate surface area is 462 Å². The minimum atomic E-state index is -5.03. The van der Waals surface area contributed by atoms with Crippen LogP contribution in [-0.2, 0) is 40.6 Å². The fourth-order valence-electron chi connectivity index (χ4n) is 10.7. The highest BCUT2D eigenvalue weighted by molar-refractivity contribution is 7.89. The van der Waals surface area contributed by atoms with E-state index >= 15 is 0 Å². The number of nitrogens with one attached hydrogen (secondary N) is 1. The summed E-state index contributed by atoms with van der Waals surface area (Å²) < 4.78 is 149. The Morgan fingerprint density at radius 1 is 0.588 bits per heavy atom. The highest BCUT2D eigenvalue weighted by Gasteiger charge is 2.49. The maximum Gasteiger partial charge on any atom is 0.435 e. The van der Waals surface area contributed by atoms with Crippen LogP contribution in [0.15, 0.2) is 164 Å². The van der Waals surface area contributed by atoms with Crippen LogP contribution in [0.2, 0.25) is 0 Å². The molecule has 0 bridgehead atoms. The Morgan fingerprint density at radius 3 is 1.39 bits per heavy atom. The molecular formula is C58H63F6N7O7S2. The average Bonchev–Trinajstić information content (AvgIpc) is 4.06. The van der Waals surface area contributed by atoms with E-state index in [4.69, 9.17) is 0 Å². The van der Waals surface area contributed by atoms with Gasteiger partial charge in [-0.15, -0.1) is 0 Å². The van der Waals surface area contributed by atoms with Crippen molar-refractivity contribution in [1.82, 2.24) is 4.72 Å². The topological polar surface area (TPSA) is 172 Å². The van der Waals surface area contributed by atoms with Crippen molar-refractivity contribution in [3.63, 3.8) is 0 Å². The number of allylic oxidation sites excluding steroid dienone is 6. The average molecular weight is 1150 g/mol. The first-order valence-electron chi connectivity index (χ1n) is 26.4. The van der Waals surface area contributed by atoms with Crippen LogP contribution in [0.4, 0.5) is 49.1 Å². The van der Waals surface area contributed by atoms with Crippen LogP contribution < -0.4 is 24.5 Å². The van der Waals surface area contributed by atoms with Crippen LogP contribution in [0.3, 0.4) is 0 Å². The third-order valence-electron chi connectivity index (χ3n) is 15.1. The zero-order valence-corrected chi connectivity index (χ0v) is 46.7. The summed E-state index contributed by atoms with van der Waals surface area (Å²) in [6, 6.07) is 24.2. The van der Waals surface area contributed by atoms with Crippen molar-refractivity contribution in [2.24, 2.45) is 16.1 Å². The minimum Gasteiger partial charge on any atom is -0.344 e. The van der Waals surface area contributed by atoms with E-state index in [0.29, 0.717) is 60.2 Å². The molecule has 4 aromatic rings. The Kier molecular flexibility index (Phi) is 17.0. The van der Waals surface area contributed by atoms with E-state index in [1.807, 2.05) is 92.9 Å². The third kappa shape index (κ3) is 12.1. The van der Waals surface area contributed by atoms with Gasteiger partial charge in [0, 0.05) is 53.2 Å². The van der Waals surface area contributed by atoms with Crippen LogP contribution in [0.25, 0.3) is 0 Å². The number of carbonyl (C=O) groups is 2. The lowest BCUT2D eigenvalue weighted by Gasteiger charge is -2.28. The maximum atomic E-state index is 14.7. The number of para-hydroxylation sites is 2. The van der Waals surface area contributed by atoms with Crippen molar-refractivity contribution in [3.05, 3.63) is 155 Å². The lowest BCUT2D eigenvalue weighted by atomic mass is 9.83. The van der Waals surface area contributed by atoms with Crippen molar-refractivity contribution in [1.29, 1.82) is 0 Å². The lowest BCUT2D eigenvalue weighted by Crippen LogP contribution is -2.29. The zero-order valence-electron chi connectivity index (χ0n) is 45.1. The van der Waals surface area contributed by atoms with Gasteiger partial charge in [0.25, 0.3) is 21.9 Å². The van der Waals surface area contributed by atoms with Gasteiger partial charge in [0.2, 0.25) is 10.0 Å². The van der Waals surface area contributed by atoms with Gasteiger partial charge >= 0.3 is 12.4 Å². The largest absolute Gasteiger partial charge is 0.435 e. The SMILES string of the molecule is CCCCC(CC)CNS(=O)(=O)c1ccc(N2N=C(C(F)(F)F)/C(=C/C=C3/N(CCCCCCN4/C(=C/C=C5\C(=O)N(c6ccc(S(=O)(=O)O)cc6)N=C5C(F)(F)F)C(C)(C)c5ccccc54)c4ccccc4C3(C)C)C2=O)cc1. The molecule has 4 aliphatic heterocycles. The van der Waals surface area contributed by atoms with Crippen LogP contribution in [0.5, 0.6) is 0 Å². The number of amides is 2. The van der Waals surface area contributed by atoms with Crippen LogP contribution in [0, 0.1) is 5.92 Å². The molecule has 14 nitrogen and oxygen atoms in total. The van der Waals surface area contributed by atoms with Crippen molar-refractivity contribution >= 4 is 66.1 Å². The molecule has 1 unspecified atom stereocenters. The second-order valence-corrected chi connectivity index (χ2v) is 24.3. The minimum absolute atomic E-state index is 0.0474. The third-order valence-corrected chi connectivity index (χ3v) is 17.4.